The summed E-state index contributed by atoms with van der Waals surface area (Å²) in [4.78, 5) is 23.3. The van der Waals surface area contributed by atoms with Gasteiger partial charge in [0.2, 0.25) is 5.78 Å². The minimum absolute atomic E-state index is 0.188. The van der Waals surface area contributed by atoms with E-state index in [-0.39, 0.29) is 11.5 Å². The van der Waals surface area contributed by atoms with Gasteiger partial charge in [0.25, 0.3) is 0 Å². The molecule has 2 aromatic carbocycles. The first-order chi connectivity index (χ1) is 10.5. The highest BCUT2D eigenvalue weighted by atomic mass is 79.9. The molecule has 1 aliphatic heterocycles. The maximum Gasteiger partial charge on any atom is 0.308 e. The Labute approximate surface area is 135 Å². The van der Waals surface area contributed by atoms with Gasteiger partial charge in [0.05, 0.1) is 5.56 Å². The van der Waals surface area contributed by atoms with E-state index in [1.54, 1.807) is 18.2 Å². The van der Waals surface area contributed by atoms with Crippen LogP contribution in [0.4, 0.5) is 0 Å². The molecule has 5 heteroatoms. The highest BCUT2D eigenvalue weighted by molar-refractivity contribution is 9.10. The second-order valence-electron chi connectivity index (χ2n) is 4.74. The van der Waals surface area contributed by atoms with Gasteiger partial charge in [-0.05, 0) is 35.9 Å². The normalized spacial score (nSPS) is 14.6. The summed E-state index contributed by atoms with van der Waals surface area (Å²) in [5.74, 6) is 0.385. The van der Waals surface area contributed by atoms with Crippen molar-refractivity contribution in [2.24, 2.45) is 0 Å². The van der Waals surface area contributed by atoms with Gasteiger partial charge in [-0.3, -0.25) is 9.59 Å². The average Bonchev–Trinajstić information content (AvgIpc) is 2.77. The molecule has 0 aliphatic carbocycles. The molecule has 2 aromatic rings. The van der Waals surface area contributed by atoms with Crippen LogP contribution in [0.2, 0.25) is 0 Å². The summed E-state index contributed by atoms with van der Waals surface area (Å²) >= 11 is 3.36. The highest BCUT2D eigenvalue weighted by Gasteiger charge is 2.27. The predicted octanol–water partition coefficient (Wildman–Crippen LogP) is 3.99. The van der Waals surface area contributed by atoms with Crippen LogP contribution in [0.1, 0.15) is 22.8 Å². The Morgan fingerprint density at radius 2 is 1.91 bits per heavy atom. The number of ether oxygens (including phenoxy) is 2. The fraction of sp³-hybridized carbons (Fsp3) is 0.0588. The summed E-state index contributed by atoms with van der Waals surface area (Å²) < 4.78 is 11.5. The lowest BCUT2D eigenvalue weighted by molar-refractivity contribution is -0.131. The number of hydrogen-bond donors (Lipinski definition) is 0. The molecule has 0 radical (unpaired) electrons. The zero-order chi connectivity index (χ0) is 15.7. The second-order valence-corrected chi connectivity index (χ2v) is 5.66. The van der Waals surface area contributed by atoms with Crippen molar-refractivity contribution in [1.29, 1.82) is 0 Å². The van der Waals surface area contributed by atoms with Gasteiger partial charge in [-0.25, -0.2) is 0 Å². The first-order valence-electron chi connectivity index (χ1n) is 6.55. The number of fused-ring (bicyclic) bond motifs is 1. The Hall–Kier alpha value is -2.40. The zero-order valence-electron chi connectivity index (χ0n) is 11.6. The number of Topliss-reactive ketones (excluding diaryl/α,β-unsaturated/α-hetero) is 1. The first kappa shape index (κ1) is 14.5. The standard InChI is InChI=1S/C17H11BrO4/c1-10(19)21-13-6-7-14-15(9-13)22-16(17(14)20)8-11-2-4-12(18)5-3-11/h2-9H,1H3/b16-8+. The van der Waals surface area contributed by atoms with E-state index >= 15 is 0 Å². The van der Waals surface area contributed by atoms with E-state index in [9.17, 15) is 9.59 Å². The van der Waals surface area contributed by atoms with E-state index in [1.807, 2.05) is 24.3 Å². The predicted molar refractivity (Wildman–Crippen MR) is 84.8 cm³/mol. The minimum atomic E-state index is -0.421. The van der Waals surface area contributed by atoms with Gasteiger partial charge in [0.1, 0.15) is 11.5 Å². The molecular weight excluding hydrogens is 348 g/mol. The van der Waals surface area contributed by atoms with Crippen molar-refractivity contribution in [2.45, 2.75) is 6.92 Å². The molecule has 0 spiro atoms. The lowest BCUT2D eigenvalue weighted by Gasteiger charge is -2.02. The topological polar surface area (TPSA) is 52.6 Å². The summed E-state index contributed by atoms with van der Waals surface area (Å²) in [6, 6.07) is 12.2. The van der Waals surface area contributed by atoms with Crippen molar-refractivity contribution < 1.29 is 19.1 Å². The number of rotatable bonds is 2. The summed E-state index contributed by atoms with van der Waals surface area (Å²) in [6.45, 7) is 1.32. The van der Waals surface area contributed by atoms with Crippen molar-refractivity contribution in [3.05, 3.63) is 63.8 Å². The fourth-order valence-corrected chi connectivity index (χ4v) is 2.37. The number of halogens is 1. The third kappa shape index (κ3) is 2.94. The molecule has 1 aliphatic rings. The van der Waals surface area contributed by atoms with Crippen LogP contribution in [0.3, 0.4) is 0 Å². The molecule has 110 valence electrons. The molecule has 4 nitrogen and oxygen atoms in total. The average molecular weight is 359 g/mol. The summed E-state index contributed by atoms with van der Waals surface area (Å²) in [7, 11) is 0. The molecule has 0 aromatic heterocycles. The summed E-state index contributed by atoms with van der Waals surface area (Å²) in [6.07, 6.45) is 1.68. The number of allylic oxidation sites excluding steroid dienone is 1. The van der Waals surface area contributed by atoms with Crippen molar-refractivity contribution in [2.75, 3.05) is 0 Å². The molecule has 0 atom stereocenters. The number of carbonyl (C=O) groups excluding carboxylic acids is 2. The molecule has 0 N–H and O–H groups in total. The number of carbonyl (C=O) groups is 2. The van der Waals surface area contributed by atoms with E-state index in [0.29, 0.717) is 17.1 Å². The van der Waals surface area contributed by atoms with Crippen LogP contribution < -0.4 is 9.47 Å². The van der Waals surface area contributed by atoms with Crippen molar-refractivity contribution >= 4 is 33.8 Å². The van der Waals surface area contributed by atoms with E-state index in [4.69, 9.17) is 9.47 Å². The lowest BCUT2D eigenvalue weighted by Crippen LogP contribution is -2.01. The minimum Gasteiger partial charge on any atom is -0.452 e. The molecule has 0 saturated carbocycles. The maximum atomic E-state index is 12.3. The van der Waals surface area contributed by atoms with Crippen LogP contribution in [0.25, 0.3) is 6.08 Å². The van der Waals surface area contributed by atoms with E-state index in [1.165, 1.54) is 13.0 Å². The molecule has 1 heterocycles. The van der Waals surface area contributed by atoms with Gasteiger partial charge in [0.15, 0.2) is 5.76 Å². The van der Waals surface area contributed by atoms with Gasteiger partial charge in [-0.2, -0.15) is 0 Å². The summed E-state index contributed by atoms with van der Waals surface area (Å²) in [5, 5.41) is 0. The number of ketones is 1. The monoisotopic (exact) mass is 358 g/mol. The van der Waals surface area contributed by atoms with Crippen LogP contribution in [-0.2, 0) is 4.79 Å². The highest BCUT2D eigenvalue weighted by Crippen LogP contribution is 2.35. The van der Waals surface area contributed by atoms with Gasteiger partial charge in [-0.1, -0.05) is 28.1 Å². The fourth-order valence-electron chi connectivity index (χ4n) is 2.11. The molecule has 0 bridgehead atoms. The lowest BCUT2D eigenvalue weighted by atomic mass is 10.1. The van der Waals surface area contributed by atoms with Crippen LogP contribution in [-0.4, -0.2) is 11.8 Å². The van der Waals surface area contributed by atoms with Crippen molar-refractivity contribution in [3.63, 3.8) is 0 Å². The third-order valence-electron chi connectivity index (χ3n) is 3.07. The Kier molecular flexibility index (Phi) is 3.81. The molecule has 0 saturated heterocycles. The van der Waals surface area contributed by atoms with Gasteiger partial charge >= 0.3 is 5.97 Å². The van der Waals surface area contributed by atoms with Crippen LogP contribution >= 0.6 is 15.9 Å². The van der Waals surface area contributed by atoms with Crippen LogP contribution in [0, 0.1) is 0 Å². The molecule has 0 unspecified atom stereocenters. The zero-order valence-corrected chi connectivity index (χ0v) is 13.2. The van der Waals surface area contributed by atoms with Crippen molar-refractivity contribution in [3.8, 4) is 11.5 Å². The maximum absolute atomic E-state index is 12.3. The van der Waals surface area contributed by atoms with Gasteiger partial charge in [-0.15, -0.1) is 0 Å². The van der Waals surface area contributed by atoms with Crippen LogP contribution in [0.5, 0.6) is 11.5 Å². The largest absolute Gasteiger partial charge is 0.452 e. The third-order valence-corrected chi connectivity index (χ3v) is 3.60. The van der Waals surface area contributed by atoms with Crippen molar-refractivity contribution in [1.82, 2.24) is 0 Å². The van der Waals surface area contributed by atoms with Gasteiger partial charge < -0.3 is 9.47 Å². The van der Waals surface area contributed by atoms with E-state index in [0.717, 1.165) is 10.0 Å². The Morgan fingerprint density at radius 3 is 2.59 bits per heavy atom. The quantitative estimate of drug-likeness (QED) is 0.462. The first-order valence-corrected chi connectivity index (χ1v) is 7.34. The smallest absolute Gasteiger partial charge is 0.308 e. The molecular formula is C17H11BrO4. The molecule has 3 rings (SSSR count). The van der Waals surface area contributed by atoms with E-state index in [2.05, 4.69) is 15.9 Å². The molecule has 0 amide bonds. The number of hydrogen-bond acceptors (Lipinski definition) is 4. The Bertz CT molecular complexity index is 791. The number of benzene rings is 2. The Morgan fingerprint density at radius 1 is 1.18 bits per heavy atom. The number of esters is 1. The summed E-state index contributed by atoms with van der Waals surface area (Å²) in [5.41, 5.74) is 1.32. The molecule has 0 fully saturated rings. The molecule has 22 heavy (non-hydrogen) atoms. The second kappa shape index (κ2) is 5.77. The Balaban J connectivity index is 1.90. The van der Waals surface area contributed by atoms with E-state index < -0.39 is 5.97 Å². The SMILES string of the molecule is CC(=O)Oc1ccc2c(c1)O/C(=C/c1ccc(Br)cc1)C2=O. The van der Waals surface area contributed by atoms with Gasteiger partial charge in [0, 0.05) is 17.5 Å². The van der Waals surface area contributed by atoms with Crippen LogP contribution in [0.15, 0.2) is 52.7 Å².